The fourth-order valence-corrected chi connectivity index (χ4v) is 2.36. The second-order valence-electron chi connectivity index (χ2n) is 4.65. The third-order valence-corrected chi connectivity index (χ3v) is 3.55. The van der Waals surface area contributed by atoms with Gasteiger partial charge in [-0.3, -0.25) is 0 Å². The lowest BCUT2D eigenvalue weighted by Gasteiger charge is -2.13. The molecule has 1 atom stereocenters. The number of aryl methyl sites for hydroxylation is 1. The summed E-state index contributed by atoms with van der Waals surface area (Å²) in [6.45, 7) is 1.52. The van der Waals surface area contributed by atoms with Crippen molar-refractivity contribution in [2.75, 3.05) is 7.11 Å². The van der Waals surface area contributed by atoms with Gasteiger partial charge in [0.05, 0.1) is 12.5 Å². The normalized spacial score (nSPS) is 12.2. The van der Waals surface area contributed by atoms with E-state index < -0.39 is 17.0 Å². The third-order valence-electron chi connectivity index (χ3n) is 3.16. The quantitative estimate of drug-likeness (QED) is 0.736. The second-order valence-corrected chi connectivity index (χ2v) is 5.17. The first-order valence-electron chi connectivity index (χ1n) is 6.24. The summed E-state index contributed by atoms with van der Waals surface area (Å²) in [6.07, 6.45) is 0.401. The van der Waals surface area contributed by atoms with Gasteiger partial charge in [-0.15, -0.1) is 11.6 Å². The predicted octanol–water partition coefficient (Wildman–Crippen LogP) is 4.80. The zero-order valence-electron chi connectivity index (χ0n) is 11.3. The van der Waals surface area contributed by atoms with Crippen molar-refractivity contribution in [3.8, 4) is 5.75 Å². The third kappa shape index (κ3) is 3.28. The van der Waals surface area contributed by atoms with E-state index in [2.05, 4.69) is 0 Å². The Hall–Kier alpha value is -1.61. The van der Waals surface area contributed by atoms with E-state index in [9.17, 15) is 8.78 Å². The molecule has 106 valence electrons. The summed E-state index contributed by atoms with van der Waals surface area (Å²) in [5.41, 5.74) is 1.36. The predicted molar refractivity (Wildman–Crippen MR) is 76.4 cm³/mol. The molecule has 0 aliphatic carbocycles. The number of halogens is 3. The van der Waals surface area contributed by atoms with E-state index in [4.69, 9.17) is 16.3 Å². The van der Waals surface area contributed by atoms with Gasteiger partial charge in [-0.25, -0.2) is 8.78 Å². The van der Waals surface area contributed by atoms with Gasteiger partial charge in [0.15, 0.2) is 0 Å². The van der Waals surface area contributed by atoms with Crippen LogP contribution in [0.15, 0.2) is 36.4 Å². The topological polar surface area (TPSA) is 9.23 Å². The van der Waals surface area contributed by atoms with Crippen LogP contribution in [0.4, 0.5) is 8.78 Å². The van der Waals surface area contributed by atoms with Gasteiger partial charge < -0.3 is 4.74 Å². The van der Waals surface area contributed by atoms with Crippen LogP contribution in [0.3, 0.4) is 0 Å². The maximum Gasteiger partial charge on any atom is 0.128 e. The van der Waals surface area contributed by atoms with Crippen molar-refractivity contribution in [1.29, 1.82) is 0 Å². The first-order valence-corrected chi connectivity index (χ1v) is 6.67. The van der Waals surface area contributed by atoms with Crippen LogP contribution >= 0.6 is 11.6 Å². The smallest absolute Gasteiger partial charge is 0.128 e. The van der Waals surface area contributed by atoms with E-state index in [-0.39, 0.29) is 11.1 Å². The highest BCUT2D eigenvalue weighted by molar-refractivity contribution is 6.20. The van der Waals surface area contributed by atoms with Gasteiger partial charge in [0, 0.05) is 5.56 Å². The van der Waals surface area contributed by atoms with Gasteiger partial charge in [-0.2, -0.15) is 0 Å². The zero-order chi connectivity index (χ0) is 14.7. The summed E-state index contributed by atoms with van der Waals surface area (Å²) in [5.74, 6) is -0.216. The van der Waals surface area contributed by atoms with Gasteiger partial charge in [0.2, 0.25) is 0 Å². The minimum Gasteiger partial charge on any atom is -0.497 e. The molecule has 4 heteroatoms. The van der Waals surface area contributed by atoms with E-state index in [0.717, 1.165) is 5.56 Å². The van der Waals surface area contributed by atoms with E-state index in [1.54, 1.807) is 7.11 Å². The fraction of sp³-hybridized carbons (Fsp3) is 0.250. The minimum absolute atomic E-state index is 0.178. The number of rotatable bonds is 4. The molecule has 20 heavy (non-hydrogen) atoms. The summed E-state index contributed by atoms with van der Waals surface area (Å²) < 4.78 is 32.5. The van der Waals surface area contributed by atoms with Crippen molar-refractivity contribution < 1.29 is 13.5 Å². The average molecular weight is 297 g/mol. The van der Waals surface area contributed by atoms with Gasteiger partial charge in [-0.05, 0) is 48.7 Å². The summed E-state index contributed by atoms with van der Waals surface area (Å²) in [7, 11) is 1.58. The number of hydrogen-bond donors (Lipinski definition) is 0. The summed E-state index contributed by atoms with van der Waals surface area (Å²) in [6, 6.07) is 9.70. The summed E-state index contributed by atoms with van der Waals surface area (Å²) in [4.78, 5) is 0. The van der Waals surface area contributed by atoms with Crippen molar-refractivity contribution in [3.63, 3.8) is 0 Å². The molecule has 1 unspecified atom stereocenters. The molecule has 1 nitrogen and oxygen atoms in total. The maximum atomic E-state index is 13.9. The van der Waals surface area contributed by atoms with E-state index in [0.29, 0.717) is 12.2 Å². The minimum atomic E-state index is -0.628. The monoisotopic (exact) mass is 296 g/mol. The number of alkyl halides is 1. The molecular weight excluding hydrogens is 282 g/mol. The summed E-state index contributed by atoms with van der Waals surface area (Å²) in [5, 5.41) is -0.628. The van der Waals surface area contributed by atoms with Crippen LogP contribution in [0, 0.1) is 18.6 Å². The molecular formula is C16H15ClF2O. The highest BCUT2D eigenvalue weighted by Crippen LogP contribution is 2.29. The number of benzene rings is 2. The largest absolute Gasteiger partial charge is 0.497 e. The molecule has 0 heterocycles. The van der Waals surface area contributed by atoms with Crippen molar-refractivity contribution >= 4 is 11.6 Å². The Morgan fingerprint density at radius 3 is 2.60 bits per heavy atom. The molecule has 2 rings (SSSR count). The van der Waals surface area contributed by atoms with Crippen molar-refractivity contribution in [2.24, 2.45) is 0 Å². The van der Waals surface area contributed by atoms with Crippen LogP contribution in [0.25, 0.3) is 0 Å². The van der Waals surface area contributed by atoms with Crippen LogP contribution in [0.2, 0.25) is 0 Å². The van der Waals surface area contributed by atoms with Gasteiger partial charge in [0.1, 0.15) is 17.4 Å². The second kappa shape index (κ2) is 6.23. The Bertz CT molecular complexity index is 613. The van der Waals surface area contributed by atoms with Crippen molar-refractivity contribution in [2.45, 2.75) is 18.7 Å². The highest BCUT2D eigenvalue weighted by Gasteiger charge is 2.16. The molecule has 0 aliphatic rings. The van der Waals surface area contributed by atoms with Crippen molar-refractivity contribution in [1.82, 2.24) is 0 Å². The van der Waals surface area contributed by atoms with Crippen LogP contribution in [0.1, 0.15) is 22.1 Å². The SMILES string of the molecule is COc1cccc(CC(Cl)c2cc(F)c(C)cc2F)c1. The van der Waals surface area contributed by atoms with E-state index in [1.165, 1.54) is 19.1 Å². The van der Waals surface area contributed by atoms with Crippen LogP contribution in [0.5, 0.6) is 5.75 Å². The molecule has 0 saturated carbocycles. The molecule has 0 spiro atoms. The molecule has 2 aromatic carbocycles. The number of methoxy groups -OCH3 is 1. The Kier molecular flexibility index (Phi) is 4.61. The molecule has 0 bridgehead atoms. The first kappa shape index (κ1) is 14.8. The summed E-state index contributed by atoms with van der Waals surface area (Å²) >= 11 is 6.22. The van der Waals surface area contributed by atoms with Crippen molar-refractivity contribution in [3.05, 3.63) is 64.7 Å². The molecule has 0 aromatic heterocycles. The molecule has 0 aliphatic heterocycles. The molecule has 2 aromatic rings. The standard InChI is InChI=1S/C16H15ClF2O/c1-10-6-16(19)13(9-15(10)18)14(17)8-11-4-3-5-12(7-11)20-2/h3-7,9,14H,8H2,1-2H3. The van der Waals surface area contributed by atoms with Gasteiger partial charge >= 0.3 is 0 Å². The van der Waals surface area contributed by atoms with Gasteiger partial charge in [0.25, 0.3) is 0 Å². The zero-order valence-corrected chi connectivity index (χ0v) is 12.0. The van der Waals surface area contributed by atoms with Crippen LogP contribution in [-0.4, -0.2) is 7.11 Å². The Morgan fingerprint density at radius 1 is 1.15 bits per heavy atom. The lowest BCUT2D eigenvalue weighted by atomic mass is 10.0. The highest BCUT2D eigenvalue weighted by atomic mass is 35.5. The van der Waals surface area contributed by atoms with E-state index in [1.807, 2.05) is 24.3 Å². The number of hydrogen-bond acceptors (Lipinski definition) is 1. The molecule has 0 saturated heterocycles. The first-order chi connectivity index (χ1) is 9.51. The van der Waals surface area contributed by atoms with Crippen LogP contribution < -0.4 is 4.74 Å². The molecule has 0 fully saturated rings. The molecule has 0 radical (unpaired) electrons. The lowest BCUT2D eigenvalue weighted by molar-refractivity contribution is 0.414. The molecule has 0 amide bonds. The Morgan fingerprint density at radius 2 is 1.90 bits per heavy atom. The molecule has 0 N–H and O–H groups in total. The maximum absolute atomic E-state index is 13.9. The Labute approximate surface area is 122 Å². The lowest BCUT2D eigenvalue weighted by Crippen LogP contribution is -2.01. The van der Waals surface area contributed by atoms with Crippen LogP contribution in [-0.2, 0) is 6.42 Å². The fourth-order valence-electron chi connectivity index (χ4n) is 2.02. The van der Waals surface area contributed by atoms with E-state index >= 15 is 0 Å². The number of ether oxygens (including phenoxy) is 1. The average Bonchev–Trinajstić information content (AvgIpc) is 2.43. The van der Waals surface area contributed by atoms with Gasteiger partial charge in [-0.1, -0.05) is 12.1 Å². The Balaban J connectivity index is 2.23.